The number of rotatable bonds is 4. The summed E-state index contributed by atoms with van der Waals surface area (Å²) in [5.74, 6) is 0.699. The summed E-state index contributed by atoms with van der Waals surface area (Å²) >= 11 is 0. The standard InChI is InChI=1S/C14H21N/c1-4-13(9-11(2)3)14-7-5-12(10-15)6-8-14/h4-8,11H,9-10,15H2,1-3H3/b13-4+. The van der Waals surface area contributed by atoms with Gasteiger partial charge in [-0.15, -0.1) is 0 Å². The van der Waals surface area contributed by atoms with Gasteiger partial charge in [-0.25, -0.2) is 0 Å². The fourth-order valence-electron chi connectivity index (χ4n) is 1.70. The molecule has 0 spiro atoms. The summed E-state index contributed by atoms with van der Waals surface area (Å²) < 4.78 is 0. The molecule has 0 aliphatic heterocycles. The van der Waals surface area contributed by atoms with E-state index in [0.717, 1.165) is 6.42 Å². The van der Waals surface area contributed by atoms with Crippen molar-refractivity contribution in [1.29, 1.82) is 0 Å². The highest BCUT2D eigenvalue weighted by Crippen LogP contribution is 2.22. The normalized spacial score (nSPS) is 12.2. The lowest BCUT2D eigenvalue weighted by Crippen LogP contribution is -1.96. The Kier molecular flexibility index (Phi) is 4.57. The van der Waals surface area contributed by atoms with E-state index in [1.165, 1.54) is 16.7 Å². The minimum Gasteiger partial charge on any atom is -0.326 e. The van der Waals surface area contributed by atoms with E-state index in [0.29, 0.717) is 12.5 Å². The van der Waals surface area contributed by atoms with Crippen LogP contribution < -0.4 is 5.73 Å². The summed E-state index contributed by atoms with van der Waals surface area (Å²) in [5, 5.41) is 0. The highest BCUT2D eigenvalue weighted by molar-refractivity contribution is 5.65. The van der Waals surface area contributed by atoms with E-state index in [4.69, 9.17) is 5.73 Å². The van der Waals surface area contributed by atoms with Gasteiger partial charge in [-0.2, -0.15) is 0 Å². The van der Waals surface area contributed by atoms with Gasteiger partial charge in [-0.05, 0) is 36.0 Å². The van der Waals surface area contributed by atoms with E-state index in [9.17, 15) is 0 Å². The first-order chi connectivity index (χ1) is 7.17. The molecule has 15 heavy (non-hydrogen) atoms. The Morgan fingerprint density at radius 2 is 1.87 bits per heavy atom. The highest BCUT2D eigenvalue weighted by atomic mass is 14.5. The van der Waals surface area contributed by atoms with Crippen LogP contribution in [0.3, 0.4) is 0 Å². The van der Waals surface area contributed by atoms with Crippen LogP contribution in [0.4, 0.5) is 0 Å². The fourth-order valence-corrected chi connectivity index (χ4v) is 1.70. The van der Waals surface area contributed by atoms with Gasteiger partial charge >= 0.3 is 0 Å². The molecular weight excluding hydrogens is 182 g/mol. The summed E-state index contributed by atoms with van der Waals surface area (Å²) in [6.45, 7) is 7.22. The molecule has 0 atom stereocenters. The second kappa shape index (κ2) is 5.72. The molecule has 0 aliphatic carbocycles. The number of benzene rings is 1. The van der Waals surface area contributed by atoms with Crippen molar-refractivity contribution >= 4 is 5.57 Å². The summed E-state index contributed by atoms with van der Waals surface area (Å²) in [6, 6.07) is 8.55. The highest BCUT2D eigenvalue weighted by Gasteiger charge is 2.03. The Balaban J connectivity index is 2.84. The third-order valence-corrected chi connectivity index (χ3v) is 2.54. The first-order valence-electron chi connectivity index (χ1n) is 5.62. The molecule has 0 bridgehead atoms. The van der Waals surface area contributed by atoms with Crippen LogP contribution >= 0.6 is 0 Å². The van der Waals surface area contributed by atoms with Crippen LogP contribution in [0.25, 0.3) is 5.57 Å². The molecule has 1 aromatic carbocycles. The second-order valence-electron chi connectivity index (χ2n) is 4.31. The lowest BCUT2D eigenvalue weighted by molar-refractivity contribution is 0.673. The Morgan fingerprint density at radius 3 is 2.27 bits per heavy atom. The largest absolute Gasteiger partial charge is 0.326 e. The van der Waals surface area contributed by atoms with E-state index in [1.54, 1.807) is 0 Å². The van der Waals surface area contributed by atoms with Crippen LogP contribution in [0.15, 0.2) is 30.3 Å². The van der Waals surface area contributed by atoms with Crippen LogP contribution in [0.2, 0.25) is 0 Å². The molecule has 0 radical (unpaired) electrons. The predicted octanol–water partition coefficient (Wildman–Crippen LogP) is 3.59. The maximum absolute atomic E-state index is 5.57. The predicted molar refractivity (Wildman–Crippen MR) is 67.4 cm³/mol. The van der Waals surface area contributed by atoms with Crippen molar-refractivity contribution < 1.29 is 0 Å². The van der Waals surface area contributed by atoms with Gasteiger partial charge in [-0.3, -0.25) is 0 Å². The first kappa shape index (κ1) is 12.0. The molecular formula is C14H21N. The molecule has 0 aliphatic rings. The van der Waals surface area contributed by atoms with Gasteiger partial charge in [0.15, 0.2) is 0 Å². The monoisotopic (exact) mass is 203 g/mol. The molecule has 0 aromatic heterocycles. The molecule has 0 unspecified atom stereocenters. The van der Waals surface area contributed by atoms with E-state index in [2.05, 4.69) is 51.1 Å². The van der Waals surface area contributed by atoms with Crippen LogP contribution in [0.5, 0.6) is 0 Å². The Labute approximate surface area is 93.0 Å². The van der Waals surface area contributed by atoms with Crippen molar-refractivity contribution in [3.63, 3.8) is 0 Å². The van der Waals surface area contributed by atoms with Gasteiger partial charge in [0.1, 0.15) is 0 Å². The topological polar surface area (TPSA) is 26.0 Å². The Bertz CT molecular complexity index is 320. The van der Waals surface area contributed by atoms with Crippen LogP contribution in [0, 0.1) is 5.92 Å². The molecule has 1 heteroatoms. The van der Waals surface area contributed by atoms with Gasteiger partial charge in [0.05, 0.1) is 0 Å². The Morgan fingerprint density at radius 1 is 1.27 bits per heavy atom. The molecule has 1 aromatic rings. The zero-order valence-corrected chi connectivity index (χ0v) is 9.96. The second-order valence-corrected chi connectivity index (χ2v) is 4.31. The van der Waals surface area contributed by atoms with Crippen molar-refractivity contribution in [3.8, 4) is 0 Å². The van der Waals surface area contributed by atoms with Crippen molar-refractivity contribution in [1.82, 2.24) is 0 Å². The SMILES string of the molecule is C/C=C(\CC(C)C)c1ccc(CN)cc1. The number of hydrogen-bond acceptors (Lipinski definition) is 1. The molecule has 0 heterocycles. The summed E-state index contributed by atoms with van der Waals surface area (Å²) in [6.07, 6.45) is 3.34. The average molecular weight is 203 g/mol. The maximum Gasteiger partial charge on any atom is 0.0178 e. The molecule has 0 saturated heterocycles. The molecule has 1 rings (SSSR count). The van der Waals surface area contributed by atoms with Gasteiger partial charge in [0.25, 0.3) is 0 Å². The number of nitrogens with two attached hydrogens (primary N) is 1. The van der Waals surface area contributed by atoms with Crippen LogP contribution in [-0.4, -0.2) is 0 Å². The van der Waals surface area contributed by atoms with Crippen LogP contribution in [-0.2, 0) is 6.54 Å². The summed E-state index contributed by atoms with van der Waals surface area (Å²) in [7, 11) is 0. The maximum atomic E-state index is 5.57. The minimum atomic E-state index is 0.621. The van der Waals surface area contributed by atoms with Gasteiger partial charge in [0.2, 0.25) is 0 Å². The zero-order chi connectivity index (χ0) is 11.3. The van der Waals surface area contributed by atoms with Crippen molar-refractivity contribution in [2.24, 2.45) is 11.7 Å². The summed E-state index contributed by atoms with van der Waals surface area (Å²) in [4.78, 5) is 0. The van der Waals surface area contributed by atoms with Gasteiger partial charge < -0.3 is 5.73 Å². The van der Waals surface area contributed by atoms with Crippen molar-refractivity contribution in [2.75, 3.05) is 0 Å². The summed E-state index contributed by atoms with van der Waals surface area (Å²) in [5.41, 5.74) is 9.52. The average Bonchev–Trinajstić information content (AvgIpc) is 2.26. The van der Waals surface area contributed by atoms with Gasteiger partial charge in [0, 0.05) is 6.54 Å². The third kappa shape index (κ3) is 3.52. The van der Waals surface area contributed by atoms with Gasteiger partial charge in [-0.1, -0.05) is 44.2 Å². The fraction of sp³-hybridized carbons (Fsp3) is 0.429. The lowest BCUT2D eigenvalue weighted by Gasteiger charge is -2.10. The van der Waals surface area contributed by atoms with E-state index < -0.39 is 0 Å². The van der Waals surface area contributed by atoms with E-state index in [1.807, 2.05) is 0 Å². The Hall–Kier alpha value is -1.08. The molecule has 82 valence electrons. The third-order valence-electron chi connectivity index (χ3n) is 2.54. The first-order valence-corrected chi connectivity index (χ1v) is 5.62. The molecule has 1 nitrogen and oxygen atoms in total. The molecule has 0 amide bonds. The van der Waals surface area contributed by atoms with Crippen LogP contribution in [0.1, 0.15) is 38.3 Å². The number of allylic oxidation sites excluding steroid dienone is 2. The lowest BCUT2D eigenvalue weighted by atomic mass is 9.95. The minimum absolute atomic E-state index is 0.621. The number of hydrogen-bond donors (Lipinski definition) is 1. The quantitative estimate of drug-likeness (QED) is 0.795. The molecule has 2 N–H and O–H groups in total. The molecule has 0 fully saturated rings. The van der Waals surface area contributed by atoms with Crippen molar-refractivity contribution in [2.45, 2.75) is 33.7 Å². The van der Waals surface area contributed by atoms with Crippen molar-refractivity contribution in [3.05, 3.63) is 41.5 Å². The van der Waals surface area contributed by atoms with E-state index in [-0.39, 0.29) is 0 Å². The molecule has 0 saturated carbocycles. The smallest absolute Gasteiger partial charge is 0.0178 e. The van der Waals surface area contributed by atoms with E-state index >= 15 is 0 Å². The zero-order valence-electron chi connectivity index (χ0n) is 9.96.